The van der Waals surface area contributed by atoms with Gasteiger partial charge in [-0.3, -0.25) is 4.79 Å². The van der Waals surface area contributed by atoms with Crippen molar-refractivity contribution >= 4 is 28.1 Å². The molecule has 5 nitrogen and oxygen atoms in total. The summed E-state index contributed by atoms with van der Waals surface area (Å²) in [5.74, 6) is 0.607. The van der Waals surface area contributed by atoms with E-state index in [0.29, 0.717) is 11.7 Å². The summed E-state index contributed by atoms with van der Waals surface area (Å²) in [6.45, 7) is 4.30. The number of thiazole rings is 1. The molecule has 0 saturated heterocycles. The van der Waals surface area contributed by atoms with Crippen molar-refractivity contribution < 1.29 is 9.53 Å². The van der Waals surface area contributed by atoms with Crippen LogP contribution in [0.5, 0.6) is 5.75 Å². The van der Waals surface area contributed by atoms with Crippen molar-refractivity contribution in [1.29, 1.82) is 0 Å². The predicted octanol–water partition coefficient (Wildman–Crippen LogP) is 2.98. The maximum Gasteiger partial charge on any atom is 0.248 e. The van der Waals surface area contributed by atoms with Crippen LogP contribution in [0.4, 0.5) is 10.8 Å². The second kappa shape index (κ2) is 6.91. The molecule has 0 fully saturated rings. The molecule has 1 unspecified atom stereocenters. The number of rotatable bonds is 6. The molecular weight excluding hydrogens is 274 g/mol. The molecule has 0 spiro atoms. The number of ether oxygens (including phenoxy) is 1. The number of anilines is 2. The lowest BCUT2D eigenvalue weighted by atomic mass is 10.2. The lowest BCUT2D eigenvalue weighted by Gasteiger charge is -2.17. The van der Waals surface area contributed by atoms with Gasteiger partial charge in [-0.2, -0.15) is 0 Å². The average molecular weight is 291 g/mol. The number of amides is 1. The standard InChI is InChI=1S/C14H17N3O2S/c1-3-19-12-7-5-4-6-11(12)16-10(2)13(18)17-14-15-8-9-20-14/h4-10,16H,3H2,1-2H3,(H,15,17,18). The Morgan fingerprint density at radius 2 is 2.25 bits per heavy atom. The first-order chi connectivity index (χ1) is 9.70. The van der Waals surface area contributed by atoms with E-state index in [0.717, 1.165) is 11.4 Å². The van der Waals surface area contributed by atoms with Gasteiger partial charge in [0, 0.05) is 11.6 Å². The topological polar surface area (TPSA) is 63.2 Å². The maximum absolute atomic E-state index is 12.0. The fourth-order valence-corrected chi connectivity index (χ4v) is 2.20. The summed E-state index contributed by atoms with van der Waals surface area (Å²) in [4.78, 5) is 16.1. The summed E-state index contributed by atoms with van der Waals surface area (Å²) in [6, 6.07) is 7.17. The van der Waals surface area contributed by atoms with Crippen LogP contribution in [0.2, 0.25) is 0 Å². The van der Waals surface area contributed by atoms with E-state index in [-0.39, 0.29) is 11.9 Å². The lowest BCUT2D eigenvalue weighted by molar-refractivity contribution is -0.116. The predicted molar refractivity (Wildman–Crippen MR) is 81.4 cm³/mol. The molecule has 2 aromatic rings. The summed E-state index contributed by atoms with van der Waals surface area (Å²) >= 11 is 1.39. The van der Waals surface area contributed by atoms with Crippen molar-refractivity contribution in [2.24, 2.45) is 0 Å². The Bertz CT molecular complexity index is 557. The van der Waals surface area contributed by atoms with E-state index < -0.39 is 0 Å². The zero-order valence-corrected chi connectivity index (χ0v) is 12.2. The highest BCUT2D eigenvalue weighted by Gasteiger charge is 2.15. The van der Waals surface area contributed by atoms with Crippen LogP contribution in [0.25, 0.3) is 0 Å². The minimum absolute atomic E-state index is 0.133. The summed E-state index contributed by atoms with van der Waals surface area (Å²) < 4.78 is 5.52. The first kappa shape index (κ1) is 14.3. The fourth-order valence-electron chi connectivity index (χ4n) is 1.66. The highest BCUT2D eigenvalue weighted by atomic mass is 32.1. The third kappa shape index (κ3) is 3.71. The van der Waals surface area contributed by atoms with Gasteiger partial charge in [0.15, 0.2) is 5.13 Å². The molecule has 1 aromatic carbocycles. The molecule has 0 aliphatic heterocycles. The van der Waals surface area contributed by atoms with Gasteiger partial charge < -0.3 is 15.4 Å². The van der Waals surface area contributed by atoms with Crippen LogP contribution in [0.1, 0.15) is 13.8 Å². The van der Waals surface area contributed by atoms with E-state index in [1.165, 1.54) is 11.3 Å². The van der Waals surface area contributed by atoms with Gasteiger partial charge in [-0.05, 0) is 26.0 Å². The molecule has 1 aromatic heterocycles. The smallest absolute Gasteiger partial charge is 0.248 e. The molecule has 0 radical (unpaired) electrons. The van der Waals surface area contributed by atoms with Crippen LogP contribution in [-0.4, -0.2) is 23.5 Å². The van der Waals surface area contributed by atoms with Gasteiger partial charge in [0.2, 0.25) is 5.91 Å². The minimum Gasteiger partial charge on any atom is -0.492 e. The van der Waals surface area contributed by atoms with Crippen molar-refractivity contribution in [3.63, 3.8) is 0 Å². The van der Waals surface area contributed by atoms with Crippen molar-refractivity contribution in [1.82, 2.24) is 4.98 Å². The van der Waals surface area contributed by atoms with Crippen molar-refractivity contribution in [2.75, 3.05) is 17.2 Å². The SMILES string of the molecule is CCOc1ccccc1NC(C)C(=O)Nc1nccs1. The van der Waals surface area contributed by atoms with Crippen molar-refractivity contribution in [3.8, 4) is 5.75 Å². The van der Waals surface area contributed by atoms with Gasteiger partial charge >= 0.3 is 0 Å². The number of carbonyl (C=O) groups is 1. The third-order valence-corrected chi connectivity index (χ3v) is 3.30. The second-order valence-corrected chi connectivity index (χ2v) is 5.02. The van der Waals surface area contributed by atoms with Gasteiger partial charge in [0.05, 0.1) is 12.3 Å². The highest BCUT2D eigenvalue weighted by molar-refractivity contribution is 7.13. The Morgan fingerprint density at radius 3 is 2.95 bits per heavy atom. The molecule has 106 valence electrons. The molecule has 0 aliphatic carbocycles. The Balaban J connectivity index is 2.00. The first-order valence-electron chi connectivity index (χ1n) is 6.39. The average Bonchev–Trinajstić information content (AvgIpc) is 2.94. The zero-order chi connectivity index (χ0) is 14.4. The summed E-state index contributed by atoms with van der Waals surface area (Å²) in [5, 5.41) is 8.32. The number of carbonyl (C=O) groups excluding carboxylic acids is 1. The number of benzene rings is 1. The minimum atomic E-state index is -0.388. The molecule has 20 heavy (non-hydrogen) atoms. The summed E-state index contributed by atoms with van der Waals surface area (Å²) in [7, 11) is 0. The van der Waals surface area contributed by atoms with E-state index in [9.17, 15) is 4.79 Å². The van der Waals surface area contributed by atoms with E-state index in [4.69, 9.17) is 4.74 Å². The van der Waals surface area contributed by atoms with Crippen molar-refractivity contribution in [3.05, 3.63) is 35.8 Å². The quantitative estimate of drug-likeness (QED) is 0.859. The van der Waals surface area contributed by atoms with Crippen LogP contribution in [0, 0.1) is 0 Å². The lowest BCUT2D eigenvalue weighted by Crippen LogP contribution is -2.32. The number of nitrogens with one attached hydrogen (secondary N) is 2. The van der Waals surface area contributed by atoms with Gasteiger partial charge in [-0.15, -0.1) is 11.3 Å². The maximum atomic E-state index is 12.0. The Labute approximate surface area is 122 Å². The second-order valence-electron chi connectivity index (χ2n) is 4.12. The highest BCUT2D eigenvalue weighted by Crippen LogP contribution is 2.24. The molecule has 0 aliphatic rings. The molecule has 1 atom stereocenters. The number of aromatic nitrogens is 1. The third-order valence-electron chi connectivity index (χ3n) is 2.61. The molecule has 1 heterocycles. The molecular formula is C14H17N3O2S. The van der Waals surface area contributed by atoms with Crippen LogP contribution < -0.4 is 15.4 Å². The van der Waals surface area contributed by atoms with E-state index in [2.05, 4.69) is 15.6 Å². The van der Waals surface area contributed by atoms with E-state index in [1.54, 1.807) is 13.1 Å². The summed E-state index contributed by atoms with van der Waals surface area (Å²) in [5.41, 5.74) is 0.802. The number of hydrogen-bond donors (Lipinski definition) is 2. The van der Waals surface area contributed by atoms with Crippen molar-refractivity contribution in [2.45, 2.75) is 19.9 Å². The Morgan fingerprint density at radius 1 is 1.45 bits per heavy atom. The van der Waals surface area contributed by atoms with Gasteiger partial charge in [-0.25, -0.2) is 4.98 Å². The molecule has 0 bridgehead atoms. The first-order valence-corrected chi connectivity index (χ1v) is 7.27. The fraction of sp³-hybridized carbons (Fsp3) is 0.286. The van der Waals surface area contributed by atoms with Crippen LogP contribution >= 0.6 is 11.3 Å². The Hall–Kier alpha value is -2.08. The van der Waals surface area contributed by atoms with Gasteiger partial charge in [0.1, 0.15) is 11.8 Å². The monoisotopic (exact) mass is 291 g/mol. The van der Waals surface area contributed by atoms with Crippen LogP contribution in [0.15, 0.2) is 35.8 Å². The largest absolute Gasteiger partial charge is 0.492 e. The zero-order valence-electron chi connectivity index (χ0n) is 11.4. The van der Waals surface area contributed by atoms with Gasteiger partial charge in [0.25, 0.3) is 0 Å². The van der Waals surface area contributed by atoms with E-state index >= 15 is 0 Å². The summed E-state index contributed by atoms with van der Waals surface area (Å²) in [6.07, 6.45) is 1.66. The molecule has 1 amide bonds. The molecule has 0 saturated carbocycles. The molecule has 6 heteroatoms. The van der Waals surface area contributed by atoms with E-state index in [1.807, 2.05) is 36.6 Å². The van der Waals surface area contributed by atoms with Crippen LogP contribution in [0.3, 0.4) is 0 Å². The number of para-hydroxylation sites is 2. The Kier molecular flexibility index (Phi) is 4.95. The van der Waals surface area contributed by atoms with Crippen LogP contribution in [-0.2, 0) is 4.79 Å². The number of nitrogens with zero attached hydrogens (tertiary/aromatic N) is 1. The van der Waals surface area contributed by atoms with Gasteiger partial charge in [-0.1, -0.05) is 12.1 Å². The number of hydrogen-bond acceptors (Lipinski definition) is 5. The normalized spacial score (nSPS) is 11.7. The molecule has 2 N–H and O–H groups in total. The molecule has 2 rings (SSSR count).